The van der Waals surface area contributed by atoms with Crippen LogP contribution in [0.1, 0.15) is 167 Å². The summed E-state index contributed by atoms with van der Waals surface area (Å²) < 4.78 is 126. The number of ether oxygens (including phenoxy) is 5. The Morgan fingerprint density at radius 2 is 0.706 bits per heavy atom. The van der Waals surface area contributed by atoms with Gasteiger partial charge in [-0.15, -0.1) is 0 Å². The van der Waals surface area contributed by atoms with Crippen molar-refractivity contribution in [1.29, 1.82) is 0 Å². The third-order valence-corrected chi connectivity index (χ3v) is 14.7. The summed E-state index contributed by atoms with van der Waals surface area (Å²) in [6.45, 7) is 29.5. The largest absolute Gasteiger partial charge is 0.466 e. The first-order valence-electron chi connectivity index (χ1n) is 28.5. The Labute approximate surface area is 497 Å². The second-order valence-corrected chi connectivity index (χ2v) is 20.8. The second kappa shape index (κ2) is 38.0. The molecule has 11 atom stereocenters. The van der Waals surface area contributed by atoms with Crippen LogP contribution in [0, 0.1) is 65.6 Å². The van der Waals surface area contributed by atoms with Crippen molar-refractivity contribution in [3.05, 3.63) is 178 Å². The monoisotopic (exact) mass is 1200 g/mol. The maximum atomic E-state index is 13.1. The van der Waals surface area contributed by atoms with Gasteiger partial charge in [0.05, 0.1) is 56.0 Å². The average molecular weight is 1200 g/mol. The quantitative estimate of drug-likeness (QED) is 0.0421. The van der Waals surface area contributed by atoms with Gasteiger partial charge in [0.15, 0.2) is 17.7 Å². The molecule has 0 spiro atoms. The molecule has 0 heterocycles. The van der Waals surface area contributed by atoms with Gasteiger partial charge in [-0.05, 0) is 135 Å². The fourth-order valence-electron chi connectivity index (χ4n) is 8.02. The van der Waals surface area contributed by atoms with Crippen LogP contribution in [0.25, 0.3) is 0 Å². The van der Waals surface area contributed by atoms with E-state index in [4.69, 9.17) is 18.9 Å². The molecular formula is C67H86F8O10. The summed E-state index contributed by atoms with van der Waals surface area (Å²) in [5.41, 5.74) is 5.31. The summed E-state index contributed by atoms with van der Waals surface area (Å²) in [5, 5.41) is 0. The van der Waals surface area contributed by atoms with Gasteiger partial charge in [-0.25, -0.2) is 22.0 Å². The lowest BCUT2D eigenvalue weighted by molar-refractivity contribution is -0.218. The van der Waals surface area contributed by atoms with Crippen molar-refractivity contribution in [3.63, 3.8) is 0 Å². The van der Waals surface area contributed by atoms with E-state index in [1.807, 2.05) is 64.1 Å². The minimum absolute atomic E-state index is 0.0275. The highest BCUT2D eigenvalue weighted by Gasteiger charge is 2.40. The Hall–Kier alpha value is -7.11. The number of halogens is 8. The third-order valence-electron chi connectivity index (χ3n) is 14.7. The molecule has 11 unspecified atom stereocenters. The summed E-state index contributed by atoms with van der Waals surface area (Å²) in [5.74, 6) is -7.42. The maximum Gasteiger partial charge on any atom is 0.425 e. The van der Waals surface area contributed by atoms with Gasteiger partial charge in [0, 0.05) is 6.07 Å². The highest BCUT2D eigenvalue weighted by atomic mass is 19.4. The molecule has 0 aromatic heterocycles. The smallest absolute Gasteiger partial charge is 0.425 e. The number of esters is 5. The molecule has 470 valence electrons. The van der Waals surface area contributed by atoms with E-state index in [9.17, 15) is 59.1 Å². The van der Waals surface area contributed by atoms with Crippen LogP contribution >= 0.6 is 0 Å². The van der Waals surface area contributed by atoms with Crippen LogP contribution in [0.4, 0.5) is 35.1 Å². The van der Waals surface area contributed by atoms with E-state index in [1.165, 1.54) is 41.5 Å². The lowest BCUT2D eigenvalue weighted by Gasteiger charge is -2.22. The minimum atomic E-state index is -4.52. The van der Waals surface area contributed by atoms with E-state index >= 15 is 0 Å². The minimum Gasteiger partial charge on any atom is -0.466 e. The van der Waals surface area contributed by atoms with Crippen molar-refractivity contribution in [3.8, 4) is 0 Å². The zero-order chi connectivity index (χ0) is 64.9. The molecule has 5 aromatic carbocycles. The number of benzene rings is 5. The van der Waals surface area contributed by atoms with Crippen LogP contribution < -0.4 is 0 Å². The molecule has 0 aliphatic carbocycles. The molecule has 0 amide bonds. The number of aryl methyl sites for hydroxylation is 1. The van der Waals surface area contributed by atoms with E-state index in [2.05, 4.69) is 36.8 Å². The first-order valence-corrected chi connectivity index (χ1v) is 28.5. The summed E-state index contributed by atoms with van der Waals surface area (Å²) in [4.78, 5) is 57.9. The van der Waals surface area contributed by atoms with Crippen LogP contribution in [0.5, 0.6) is 0 Å². The first-order chi connectivity index (χ1) is 39.8. The van der Waals surface area contributed by atoms with E-state index in [-0.39, 0.29) is 77.0 Å². The number of carbonyl (C=O) groups is 5. The van der Waals surface area contributed by atoms with Crippen LogP contribution in [-0.4, -0.2) is 68.6 Å². The van der Waals surface area contributed by atoms with Crippen molar-refractivity contribution in [2.24, 2.45) is 29.6 Å². The van der Waals surface area contributed by atoms with E-state index in [1.54, 1.807) is 74.4 Å². The SMILES string of the molecule is CC(C(=O)OC(C)C(F)(F)F)C(C)c1ccccc1.CCOC(=O)C(C)C(C)c1cc(F)cc(F)c1.CCOC(=O)C(C)C(C)c1ccc(F)c(F)c1.CCOC(=O)C(C)C(C)c1ccc(F)cc1.CCOC(=O)C(C)C(C)c1cccc(C)c1. The predicted molar refractivity (Wildman–Crippen MR) is 313 cm³/mol. The van der Waals surface area contributed by atoms with Crippen molar-refractivity contribution in [2.75, 3.05) is 26.4 Å². The topological polar surface area (TPSA) is 132 Å². The maximum absolute atomic E-state index is 13.1. The average Bonchev–Trinajstić information content (AvgIpc) is 3.62. The van der Waals surface area contributed by atoms with E-state index in [0.29, 0.717) is 37.6 Å². The standard InChI is InChI=1S/C14H17F3O2.C14H20O2.2C13H16F2O2.C13H17FO2/c1-9(12-7-5-4-6-8-12)10(2)13(18)19-11(3)14(15,16)17;1-5-16-14(15)12(4)11(3)13-8-6-7-10(2)9-13;1-4-17-13(16)9(3)8(2)10-5-11(14)7-12(15)6-10;1-4-17-13(16)9(3)8(2)10-5-6-11(14)12(15)7-10;1-4-16-13(15)10(3)9(2)11-5-7-12(14)8-6-11/h4-11H,1-3H3;6-9,11-12H,5H2,1-4H3;2*5-9H,4H2,1-3H3;5-10H,4H2,1-3H3. The fraction of sp³-hybridized carbons (Fsp3) is 0.478. The second-order valence-electron chi connectivity index (χ2n) is 20.8. The van der Waals surface area contributed by atoms with Gasteiger partial charge in [-0.2, -0.15) is 13.2 Å². The van der Waals surface area contributed by atoms with Crippen molar-refractivity contribution < 1.29 is 82.8 Å². The number of hydrogen-bond donors (Lipinski definition) is 0. The molecule has 0 N–H and O–H groups in total. The molecule has 0 aliphatic heterocycles. The molecule has 85 heavy (non-hydrogen) atoms. The highest BCUT2D eigenvalue weighted by Crippen LogP contribution is 2.31. The highest BCUT2D eigenvalue weighted by molar-refractivity contribution is 5.75. The Morgan fingerprint density at radius 3 is 1.08 bits per heavy atom. The summed E-state index contributed by atoms with van der Waals surface area (Å²) in [6, 6.07) is 30.6. The van der Waals surface area contributed by atoms with Crippen LogP contribution in [0.15, 0.2) is 115 Å². The van der Waals surface area contributed by atoms with Crippen molar-refractivity contribution >= 4 is 29.8 Å². The van der Waals surface area contributed by atoms with Crippen molar-refractivity contribution in [2.45, 2.75) is 153 Å². The summed E-state index contributed by atoms with van der Waals surface area (Å²) in [6.07, 6.45) is -6.60. The third kappa shape index (κ3) is 26.4. The molecule has 5 aromatic rings. The molecule has 0 aliphatic rings. The Balaban J connectivity index is 0.000000532. The van der Waals surface area contributed by atoms with Gasteiger partial charge in [0.25, 0.3) is 0 Å². The molecule has 18 heteroatoms. The Bertz CT molecular complexity index is 2790. The zero-order valence-electron chi connectivity index (χ0n) is 51.8. The molecule has 0 saturated heterocycles. The molecule has 10 nitrogen and oxygen atoms in total. The molecule has 0 radical (unpaired) electrons. The van der Waals surface area contributed by atoms with Gasteiger partial charge in [0.2, 0.25) is 0 Å². The van der Waals surface area contributed by atoms with Crippen molar-refractivity contribution in [1.82, 2.24) is 0 Å². The summed E-state index contributed by atoms with van der Waals surface area (Å²) >= 11 is 0. The molecule has 0 saturated carbocycles. The molecule has 5 rings (SSSR count). The van der Waals surface area contributed by atoms with Gasteiger partial charge in [-0.3, -0.25) is 24.0 Å². The lowest BCUT2D eigenvalue weighted by Crippen LogP contribution is -2.33. The van der Waals surface area contributed by atoms with Gasteiger partial charge >= 0.3 is 36.0 Å². The Kier molecular flexibility index (Phi) is 34.0. The predicted octanol–water partition coefficient (Wildman–Crippen LogP) is 16.9. The van der Waals surface area contributed by atoms with Crippen LogP contribution in [-0.2, 0) is 47.7 Å². The number of hydrogen-bond acceptors (Lipinski definition) is 10. The summed E-state index contributed by atoms with van der Waals surface area (Å²) in [7, 11) is 0. The number of carbonyl (C=O) groups excluding carboxylic acids is 5. The zero-order valence-corrected chi connectivity index (χ0v) is 51.8. The molecule has 0 fully saturated rings. The number of alkyl halides is 3. The fourth-order valence-corrected chi connectivity index (χ4v) is 8.02. The van der Waals surface area contributed by atoms with E-state index < -0.39 is 53.4 Å². The number of rotatable bonds is 20. The van der Waals surface area contributed by atoms with E-state index in [0.717, 1.165) is 36.2 Å². The van der Waals surface area contributed by atoms with Gasteiger partial charge in [0.1, 0.15) is 17.5 Å². The molecular weight excluding hydrogens is 1120 g/mol. The molecule has 0 bridgehead atoms. The normalized spacial score (nSPS) is 14.7. The van der Waals surface area contributed by atoms with Gasteiger partial charge < -0.3 is 23.7 Å². The first kappa shape index (κ1) is 75.9. The lowest BCUT2D eigenvalue weighted by atomic mass is 9.88. The van der Waals surface area contributed by atoms with Crippen LogP contribution in [0.3, 0.4) is 0 Å². The van der Waals surface area contributed by atoms with Gasteiger partial charge in [-0.1, -0.05) is 148 Å². The Morgan fingerprint density at radius 1 is 0.365 bits per heavy atom. The van der Waals surface area contributed by atoms with Crippen LogP contribution in [0.2, 0.25) is 0 Å².